The smallest absolute Gasteiger partial charge is 0.411 e. The molecule has 4 aromatic rings. The number of carboxylic acid groups (broad SMARTS) is 1. The van der Waals surface area contributed by atoms with Gasteiger partial charge in [0.05, 0.1) is 141 Å². The van der Waals surface area contributed by atoms with Crippen LogP contribution >= 0.6 is 0 Å². The minimum atomic E-state index is -2.05. The summed E-state index contributed by atoms with van der Waals surface area (Å²) in [6.07, 6.45) is -0.192. The van der Waals surface area contributed by atoms with Crippen LogP contribution in [-0.4, -0.2) is 295 Å². The summed E-state index contributed by atoms with van der Waals surface area (Å²) >= 11 is 0. The van der Waals surface area contributed by atoms with Crippen molar-refractivity contribution in [3.8, 4) is 17.2 Å². The van der Waals surface area contributed by atoms with E-state index in [2.05, 4.69) is 42.2 Å². The molecule has 0 saturated carbocycles. The van der Waals surface area contributed by atoms with Crippen LogP contribution in [0.1, 0.15) is 116 Å². The molecule has 5 heterocycles. The van der Waals surface area contributed by atoms with Gasteiger partial charge in [-0.3, -0.25) is 58.4 Å². The Morgan fingerprint density at radius 2 is 1.21 bits per heavy atom. The highest BCUT2D eigenvalue weighted by Crippen LogP contribution is 2.39. The molecule has 39 nitrogen and oxygen atoms in total. The molecule has 658 valence electrons. The molecule has 39 heteroatoms. The Morgan fingerprint density at radius 3 is 1.86 bits per heavy atom. The van der Waals surface area contributed by atoms with E-state index in [0.717, 1.165) is 24.2 Å². The fourth-order valence-electron chi connectivity index (χ4n) is 12.6. The first-order valence-electron chi connectivity index (χ1n) is 40.0. The van der Waals surface area contributed by atoms with E-state index < -0.39 is 97.3 Å². The van der Waals surface area contributed by atoms with Gasteiger partial charge in [-0.2, -0.15) is 0 Å². The zero-order chi connectivity index (χ0) is 86.0. The molecular formula is C81H111N11O28. The third-order valence-electron chi connectivity index (χ3n) is 19.0. The lowest BCUT2D eigenvalue weighted by Gasteiger charge is -2.38. The third kappa shape index (κ3) is 32.2. The number of carbonyl (C=O) groups excluding carboxylic acids is 10. The van der Waals surface area contributed by atoms with Crippen LogP contribution in [-0.2, 0) is 99.4 Å². The second-order valence-corrected chi connectivity index (χ2v) is 28.1. The van der Waals surface area contributed by atoms with Crippen LogP contribution in [0, 0.1) is 0 Å². The van der Waals surface area contributed by atoms with Crippen LogP contribution < -0.4 is 51.4 Å². The number of unbranched alkanes of at least 4 members (excludes halogenated alkanes) is 3. The molecule has 0 bridgehead atoms. The second kappa shape index (κ2) is 51.8. The number of hydrogen-bond donors (Lipinski definition) is 11. The van der Waals surface area contributed by atoms with E-state index in [9.17, 15) is 73.2 Å². The fourth-order valence-corrected chi connectivity index (χ4v) is 12.6. The molecule has 4 aliphatic heterocycles. The minimum absolute atomic E-state index is 0.00414. The lowest BCUT2D eigenvalue weighted by Crippen LogP contribution is -2.61. The minimum Gasteiger partial charge on any atom is -0.493 e. The second-order valence-electron chi connectivity index (χ2n) is 28.1. The Balaban J connectivity index is 0.758. The van der Waals surface area contributed by atoms with E-state index in [0.29, 0.717) is 165 Å². The Bertz CT molecular complexity index is 4050. The number of methoxy groups -OCH3 is 2. The van der Waals surface area contributed by atoms with Crippen molar-refractivity contribution < 1.29 is 135 Å². The van der Waals surface area contributed by atoms with Crippen molar-refractivity contribution in [2.24, 2.45) is 12.0 Å². The number of benzene rings is 3. The van der Waals surface area contributed by atoms with Crippen molar-refractivity contribution in [2.75, 3.05) is 167 Å². The summed E-state index contributed by atoms with van der Waals surface area (Å²) in [6, 6.07) is 13.7. The number of amides is 10. The standard InChI is InChI=1S/C81H111N11O28/c1-90-51-56(85-67(94)15-11-30-117-65-49-60-58(48-64(65)109-3)78(104)91-28-10-7-12-57(91)50-84-60)47-62(90)77(103)86-54-17-19-55(20-18-54)87-81(107)118-52-53-16-21-63(119-80-74(101)72(99)73(100)75(120-80)79(105)106)61(46-53)89-69(96)24-27-83-76(102)59(88-68(95)14-5-4-9-29-92-70(97)22-23-71(92)98)13-6-8-26-82-66(93)25-31-110-34-35-112-38-39-114-42-43-116-45-44-115-41-40-113-37-36-111-33-32-108-2/h16-23,46-51,57,59,72-75,80,99-101H,4-15,24-45,52H2,1-3H3,(H,82,93)(H,83,102)(H,85,94)(H,86,103)(H,87,107)(H,88,95)(H,89,96)(H,105,106)/t57-,59-,72-,73-,74+,75-,80+/m0/s1. The summed E-state index contributed by atoms with van der Waals surface area (Å²) in [4.78, 5) is 150. The number of aliphatic carboxylic acids is 1. The SMILES string of the molecule is COCCOCCOCCOCCOCCOCCOCCOCCC(=O)NCCCC[C@H](NC(=O)CCCCCN1C(=O)C=CC1=O)C(=O)NCCC(=O)Nc1cc(COC(=O)Nc2ccc(NC(=O)c3cc(NC(=O)CCCOc4cc5c(cc4OC)C(=O)N4CCCC[C@H]4C=N5)cn3C)cc2)ccc1O[C@@H]1O[C@H](C(=O)O)[C@@H](O)[C@H](O)[C@H]1O. The lowest BCUT2D eigenvalue weighted by atomic mass is 9.99. The summed E-state index contributed by atoms with van der Waals surface area (Å²) in [5.74, 6) is -5.08. The molecule has 0 aliphatic carbocycles. The molecule has 11 N–H and O–H groups in total. The number of aliphatic hydroxyl groups is 3. The number of rotatable bonds is 56. The average Bonchev–Trinajstić information content (AvgIpc) is 1.34. The molecule has 8 rings (SSSR count). The van der Waals surface area contributed by atoms with Crippen molar-refractivity contribution in [1.29, 1.82) is 0 Å². The van der Waals surface area contributed by atoms with Crippen molar-refractivity contribution in [2.45, 2.75) is 139 Å². The number of nitrogens with zero attached hydrogens (tertiary/aromatic N) is 4. The van der Waals surface area contributed by atoms with Gasteiger partial charge in [0.1, 0.15) is 42.4 Å². The maximum absolute atomic E-state index is 13.8. The fraction of sp³-hybridized carbons (Fsp3) is 0.556. The van der Waals surface area contributed by atoms with Crippen molar-refractivity contribution in [3.05, 3.63) is 95.8 Å². The van der Waals surface area contributed by atoms with E-state index in [4.69, 9.17) is 61.6 Å². The molecule has 2 saturated heterocycles. The van der Waals surface area contributed by atoms with E-state index >= 15 is 0 Å². The molecule has 1 aromatic heterocycles. The first kappa shape index (κ1) is 94.9. The number of ether oxygens (including phenoxy) is 13. The van der Waals surface area contributed by atoms with Crippen LogP contribution in [0.15, 0.2) is 84.0 Å². The normalized spacial score (nSPS) is 17.6. The van der Waals surface area contributed by atoms with Crippen molar-refractivity contribution >= 4 is 99.9 Å². The Labute approximate surface area is 694 Å². The Kier molecular flexibility index (Phi) is 41.0. The lowest BCUT2D eigenvalue weighted by molar-refractivity contribution is -0.271. The molecule has 10 amide bonds. The highest BCUT2D eigenvalue weighted by molar-refractivity contribution is 6.13. The van der Waals surface area contributed by atoms with Gasteiger partial charge in [-0.05, 0) is 112 Å². The van der Waals surface area contributed by atoms with Gasteiger partial charge >= 0.3 is 12.1 Å². The van der Waals surface area contributed by atoms with Gasteiger partial charge < -0.3 is 123 Å². The third-order valence-corrected chi connectivity index (χ3v) is 19.0. The summed E-state index contributed by atoms with van der Waals surface area (Å²) in [5.41, 5.74) is 2.19. The van der Waals surface area contributed by atoms with E-state index in [1.807, 2.05) is 4.90 Å². The first-order chi connectivity index (χ1) is 58.1. The summed E-state index contributed by atoms with van der Waals surface area (Å²) in [6.45, 7) is 6.48. The Morgan fingerprint density at radius 1 is 0.575 bits per heavy atom. The first-order valence-corrected chi connectivity index (χ1v) is 40.0. The quantitative estimate of drug-likeness (QED) is 0.0222. The van der Waals surface area contributed by atoms with Crippen LogP contribution in [0.25, 0.3) is 0 Å². The predicted molar refractivity (Wildman–Crippen MR) is 430 cm³/mol. The zero-order valence-corrected chi connectivity index (χ0v) is 67.7. The summed E-state index contributed by atoms with van der Waals surface area (Å²) in [5, 5.41) is 60.5. The van der Waals surface area contributed by atoms with Crippen LogP contribution in [0.5, 0.6) is 17.2 Å². The number of carboxylic acids is 1. The number of piperidine rings is 1. The van der Waals surface area contributed by atoms with Gasteiger partial charge in [0.2, 0.25) is 35.8 Å². The number of aliphatic hydroxyl groups excluding tert-OH is 3. The predicted octanol–water partition coefficient (Wildman–Crippen LogP) is 3.67. The van der Waals surface area contributed by atoms with Gasteiger partial charge in [-0.25, -0.2) is 9.59 Å². The molecule has 7 atom stereocenters. The van der Waals surface area contributed by atoms with Gasteiger partial charge in [-0.1, -0.05) is 12.5 Å². The number of imide groups is 1. The zero-order valence-electron chi connectivity index (χ0n) is 67.7. The molecule has 3 aromatic carbocycles. The van der Waals surface area contributed by atoms with E-state index in [1.54, 1.807) is 38.7 Å². The molecule has 0 spiro atoms. The average molecular weight is 1690 g/mol. The van der Waals surface area contributed by atoms with Crippen LogP contribution in [0.2, 0.25) is 0 Å². The number of aliphatic imine (C=N–C) groups is 1. The number of nitrogens with one attached hydrogen (secondary N) is 7. The Hall–Kier alpha value is -10.6. The monoisotopic (exact) mass is 1690 g/mol. The van der Waals surface area contributed by atoms with Gasteiger partial charge in [0.15, 0.2) is 17.6 Å². The molecule has 120 heavy (non-hydrogen) atoms. The molecule has 4 aliphatic rings. The maximum Gasteiger partial charge on any atom is 0.411 e. The number of hydrogen-bond acceptors (Lipinski definition) is 28. The van der Waals surface area contributed by atoms with Crippen LogP contribution in [0.3, 0.4) is 0 Å². The van der Waals surface area contributed by atoms with E-state index in [-0.39, 0.29) is 117 Å². The number of aryl methyl sites for hydroxylation is 1. The summed E-state index contributed by atoms with van der Waals surface area (Å²) in [7, 11) is 4.73. The largest absolute Gasteiger partial charge is 0.493 e. The van der Waals surface area contributed by atoms with Crippen molar-refractivity contribution in [3.63, 3.8) is 0 Å². The number of fused-ring (bicyclic) bond motifs is 2. The van der Waals surface area contributed by atoms with Crippen LogP contribution in [0.4, 0.5) is 33.2 Å². The number of aromatic nitrogens is 1. The van der Waals surface area contributed by atoms with Gasteiger partial charge in [-0.15, -0.1) is 0 Å². The highest BCUT2D eigenvalue weighted by atomic mass is 16.7. The molecule has 0 unspecified atom stereocenters. The van der Waals surface area contributed by atoms with E-state index in [1.165, 1.54) is 72.4 Å². The molecule has 0 radical (unpaired) electrons. The molecular weight excluding hydrogens is 1570 g/mol. The maximum atomic E-state index is 13.8. The van der Waals surface area contributed by atoms with Gasteiger partial charge in [0.25, 0.3) is 23.6 Å². The topological polar surface area (TPSA) is 497 Å². The summed E-state index contributed by atoms with van der Waals surface area (Å²) < 4.78 is 73.0. The number of carbonyl (C=O) groups is 11. The number of anilines is 4. The highest BCUT2D eigenvalue weighted by Gasteiger charge is 2.48. The van der Waals surface area contributed by atoms with Gasteiger partial charge in [0, 0.05) is 108 Å². The molecule has 2 fully saturated rings. The van der Waals surface area contributed by atoms with Crippen molar-refractivity contribution in [1.82, 2.24) is 30.3 Å².